The lowest BCUT2D eigenvalue weighted by molar-refractivity contribution is 0.0315. The van der Waals surface area contributed by atoms with E-state index in [1.165, 1.54) is 13.8 Å². The number of fused-ring (bicyclic) bond motifs is 1. The molecular weight excluding hydrogens is 368 g/mol. The number of rotatable bonds is 5. The van der Waals surface area contributed by atoms with Crippen molar-refractivity contribution in [2.45, 2.75) is 47.6 Å². The van der Waals surface area contributed by atoms with Gasteiger partial charge in [0.05, 0.1) is 22.5 Å². The number of carbonyl (C=O) groups is 3. The van der Waals surface area contributed by atoms with Crippen molar-refractivity contribution in [1.82, 2.24) is 9.97 Å². The largest absolute Gasteiger partial charge is 0.451 e. The number of ether oxygens (including phenoxy) is 1. The Bertz CT molecular complexity index is 1160. The lowest BCUT2D eigenvalue weighted by Gasteiger charge is -2.15. The molecule has 0 saturated heterocycles. The fourth-order valence-corrected chi connectivity index (χ4v) is 3.83. The van der Waals surface area contributed by atoms with Crippen molar-refractivity contribution in [3.63, 3.8) is 0 Å². The third-order valence-electron chi connectivity index (χ3n) is 5.23. The van der Waals surface area contributed by atoms with Crippen LogP contribution in [0, 0.1) is 27.7 Å². The second-order valence-corrected chi connectivity index (χ2v) is 7.31. The first-order valence-electron chi connectivity index (χ1n) is 9.44. The van der Waals surface area contributed by atoms with Crippen molar-refractivity contribution in [2.24, 2.45) is 0 Å². The molecule has 2 aromatic heterocycles. The molecule has 150 valence electrons. The Morgan fingerprint density at radius 2 is 1.66 bits per heavy atom. The zero-order chi connectivity index (χ0) is 21.5. The van der Waals surface area contributed by atoms with Gasteiger partial charge in [0.15, 0.2) is 11.9 Å². The molecule has 3 aromatic rings. The van der Waals surface area contributed by atoms with E-state index in [0.717, 1.165) is 16.5 Å². The Hall–Kier alpha value is -3.28. The highest BCUT2D eigenvalue weighted by molar-refractivity contribution is 6.06. The summed E-state index contributed by atoms with van der Waals surface area (Å²) in [7, 11) is 0. The number of pyridine rings is 1. The van der Waals surface area contributed by atoms with Crippen molar-refractivity contribution >= 4 is 28.4 Å². The van der Waals surface area contributed by atoms with Gasteiger partial charge in [-0.2, -0.15) is 0 Å². The summed E-state index contributed by atoms with van der Waals surface area (Å²) in [5.41, 5.74) is 4.48. The normalized spacial score (nSPS) is 12.1. The zero-order valence-corrected chi connectivity index (χ0v) is 17.5. The fraction of sp³-hybridized carbons (Fsp3) is 0.304. The predicted octanol–water partition coefficient (Wildman–Crippen LogP) is 4.43. The number of carbonyl (C=O) groups excluding carboxylic acids is 3. The van der Waals surface area contributed by atoms with Gasteiger partial charge < -0.3 is 9.72 Å². The van der Waals surface area contributed by atoms with Crippen LogP contribution in [0.5, 0.6) is 0 Å². The van der Waals surface area contributed by atoms with Crippen LogP contribution in [0.3, 0.4) is 0 Å². The summed E-state index contributed by atoms with van der Waals surface area (Å²) in [6.07, 6.45) is -1.01. The van der Waals surface area contributed by atoms with Crippen molar-refractivity contribution < 1.29 is 19.1 Å². The highest BCUT2D eigenvalue weighted by atomic mass is 16.5. The van der Waals surface area contributed by atoms with Gasteiger partial charge in [0.2, 0.25) is 5.78 Å². The molecule has 0 bridgehead atoms. The Labute approximate surface area is 169 Å². The van der Waals surface area contributed by atoms with Crippen LogP contribution < -0.4 is 0 Å². The number of aromatic nitrogens is 2. The Kier molecular flexibility index (Phi) is 5.38. The Balaban J connectivity index is 1.90. The maximum Gasteiger partial charge on any atom is 0.340 e. The molecule has 0 aliphatic heterocycles. The van der Waals surface area contributed by atoms with Gasteiger partial charge in [-0.3, -0.25) is 14.6 Å². The number of aromatic amines is 1. The van der Waals surface area contributed by atoms with Gasteiger partial charge in [0, 0.05) is 16.6 Å². The standard InChI is InChI=1S/C23H24N2O4/c1-11-17-9-7-8-10-18(17)24-14(4)20(11)23(28)29-16(6)22(27)21-12(2)19(15(5)26)13(3)25-21/h7-10,16,25H,1-6H3/t16-/m1/s1. The van der Waals surface area contributed by atoms with Gasteiger partial charge in [-0.1, -0.05) is 18.2 Å². The van der Waals surface area contributed by atoms with Gasteiger partial charge in [-0.15, -0.1) is 0 Å². The molecule has 0 aliphatic rings. The van der Waals surface area contributed by atoms with E-state index in [2.05, 4.69) is 9.97 Å². The molecule has 1 atom stereocenters. The Morgan fingerprint density at radius 3 is 2.28 bits per heavy atom. The van der Waals surface area contributed by atoms with E-state index in [-0.39, 0.29) is 17.3 Å². The average Bonchev–Trinajstić information content (AvgIpc) is 2.95. The molecule has 3 rings (SSSR count). The fourth-order valence-electron chi connectivity index (χ4n) is 3.83. The van der Waals surface area contributed by atoms with Crippen LogP contribution in [0.1, 0.15) is 67.6 Å². The third-order valence-corrected chi connectivity index (χ3v) is 5.23. The van der Waals surface area contributed by atoms with Crippen LogP contribution in [0.2, 0.25) is 0 Å². The first kappa shape index (κ1) is 20.5. The molecule has 1 aromatic carbocycles. The maximum absolute atomic E-state index is 12.9. The number of nitrogens with one attached hydrogen (secondary N) is 1. The number of para-hydroxylation sites is 1. The second kappa shape index (κ2) is 7.62. The lowest BCUT2D eigenvalue weighted by Crippen LogP contribution is -2.26. The quantitative estimate of drug-likeness (QED) is 0.513. The highest BCUT2D eigenvalue weighted by Gasteiger charge is 2.27. The Morgan fingerprint density at radius 1 is 1.00 bits per heavy atom. The van der Waals surface area contributed by atoms with Crippen LogP contribution >= 0.6 is 0 Å². The van der Waals surface area contributed by atoms with Crippen LogP contribution in [-0.2, 0) is 4.74 Å². The summed E-state index contributed by atoms with van der Waals surface area (Å²) >= 11 is 0. The maximum atomic E-state index is 12.9. The summed E-state index contributed by atoms with van der Waals surface area (Å²) in [6, 6.07) is 7.57. The molecule has 0 unspecified atom stereocenters. The first-order valence-corrected chi connectivity index (χ1v) is 9.44. The van der Waals surface area contributed by atoms with Gasteiger partial charge in [-0.25, -0.2) is 4.79 Å². The minimum absolute atomic E-state index is 0.117. The number of hydrogen-bond acceptors (Lipinski definition) is 5. The molecule has 0 aliphatic carbocycles. The smallest absolute Gasteiger partial charge is 0.340 e. The van der Waals surface area contributed by atoms with Gasteiger partial charge in [0.1, 0.15) is 0 Å². The molecule has 0 amide bonds. The van der Waals surface area contributed by atoms with E-state index < -0.39 is 12.1 Å². The molecule has 6 heteroatoms. The van der Waals surface area contributed by atoms with E-state index in [1.807, 2.05) is 31.2 Å². The minimum Gasteiger partial charge on any atom is -0.451 e. The van der Waals surface area contributed by atoms with Crippen molar-refractivity contribution in [1.29, 1.82) is 0 Å². The number of Topliss-reactive ketones (excluding diaryl/α,β-unsaturated/α-hetero) is 2. The molecule has 0 fully saturated rings. The first-order chi connectivity index (χ1) is 13.6. The molecule has 1 N–H and O–H groups in total. The van der Waals surface area contributed by atoms with Crippen LogP contribution in [0.15, 0.2) is 24.3 Å². The van der Waals surface area contributed by atoms with Crippen molar-refractivity contribution in [3.8, 4) is 0 Å². The lowest BCUT2D eigenvalue weighted by atomic mass is 10.0. The monoisotopic (exact) mass is 392 g/mol. The van der Waals surface area contributed by atoms with E-state index >= 15 is 0 Å². The summed E-state index contributed by atoms with van der Waals surface area (Å²) in [5.74, 6) is -1.09. The molecule has 0 saturated carbocycles. The number of benzene rings is 1. The zero-order valence-electron chi connectivity index (χ0n) is 17.5. The predicted molar refractivity (Wildman–Crippen MR) is 111 cm³/mol. The van der Waals surface area contributed by atoms with Crippen molar-refractivity contribution in [3.05, 3.63) is 63.6 Å². The van der Waals surface area contributed by atoms with E-state index in [9.17, 15) is 14.4 Å². The molecule has 29 heavy (non-hydrogen) atoms. The summed E-state index contributed by atoms with van der Waals surface area (Å²) in [5, 5.41) is 0.867. The number of aryl methyl sites for hydroxylation is 3. The molecule has 0 spiro atoms. The van der Waals surface area contributed by atoms with Gasteiger partial charge in [-0.05, 0) is 58.7 Å². The van der Waals surface area contributed by atoms with E-state index in [4.69, 9.17) is 4.74 Å². The van der Waals surface area contributed by atoms with Crippen LogP contribution in [-0.4, -0.2) is 33.6 Å². The number of hydrogen-bond donors (Lipinski definition) is 1. The average molecular weight is 392 g/mol. The highest BCUT2D eigenvalue weighted by Crippen LogP contribution is 2.25. The van der Waals surface area contributed by atoms with Crippen molar-refractivity contribution in [2.75, 3.05) is 0 Å². The summed E-state index contributed by atoms with van der Waals surface area (Å²) in [4.78, 5) is 45.0. The minimum atomic E-state index is -1.01. The number of esters is 1. The van der Waals surface area contributed by atoms with Crippen LogP contribution in [0.25, 0.3) is 10.9 Å². The third kappa shape index (κ3) is 3.58. The second-order valence-electron chi connectivity index (χ2n) is 7.31. The number of H-pyrrole nitrogens is 1. The SMILES string of the molecule is CC(=O)c1c(C)[nH]c(C(=O)[C@@H](C)OC(=O)c2c(C)nc3ccccc3c2C)c1C. The molecular formula is C23H24N2O4. The molecule has 0 radical (unpaired) electrons. The van der Waals surface area contributed by atoms with Gasteiger partial charge >= 0.3 is 5.97 Å². The summed E-state index contributed by atoms with van der Waals surface area (Å²) in [6.45, 7) is 10.0. The van der Waals surface area contributed by atoms with E-state index in [0.29, 0.717) is 28.1 Å². The van der Waals surface area contributed by atoms with Crippen LogP contribution in [0.4, 0.5) is 0 Å². The molecule has 2 heterocycles. The topological polar surface area (TPSA) is 89.1 Å². The van der Waals surface area contributed by atoms with Gasteiger partial charge in [0.25, 0.3) is 0 Å². The molecule has 6 nitrogen and oxygen atoms in total. The number of ketones is 2. The summed E-state index contributed by atoms with van der Waals surface area (Å²) < 4.78 is 5.49. The number of nitrogens with zero attached hydrogens (tertiary/aromatic N) is 1. The van der Waals surface area contributed by atoms with E-state index in [1.54, 1.807) is 20.8 Å².